The summed E-state index contributed by atoms with van der Waals surface area (Å²) < 4.78 is 27.5. The maximum atomic E-state index is 11.5. The summed E-state index contributed by atoms with van der Waals surface area (Å²) in [7, 11) is -3.32. The number of anilines is 1. The Labute approximate surface area is 159 Å². The fraction of sp³-hybridized carbons (Fsp3) is 0.333. The monoisotopic (exact) mass is 384 g/mol. The average Bonchev–Trinajstić information content (AvgIpc) is 3.21. The van der Waals surface area contributed by atoms with E-state index in [9.17, 15) is 13.5 Å². The normalized spacial score (nSPS) is 15.5. The highest BCUT2D eigenvalue weighted by Gasteiger charge is 2.22. The van der Waals surface area contributed by atoms with Crippen LogP contribution in [0.4, 0.5) is 5.69 Å². The lowest BCUT2D eigenvalue weighted by Gasteiger charge is -2.12. The lowest BCUT2D eigenvalue weighted by Crippen LogP contribution is -2.09. The fourth-order valence-corrected chi connectivity index (χ4v) is 4.72. The zero-order valence-corrected chi connectivity index (χ0v) is 16.4. The Morgan fingerprint density at radius 3 is 2.56 bits per heavy atom. The number of sulfonamides is 1. The highest BCUT2D eigenvalue weighted by molar-refractivity contribution is 7.92. The van der Waals surface area contributed by atoms with E-state index >= 15 is 0 Å². The van der Waals surface area contributed by atoms with Crippen LogP contribution in [0.25, 0.3) is 21.9 Å². The molecule has 1 fully saturated rings. The van der Waals surface area contributed by atoms with Crippen LogP contribution in [-0.2, 0) is 10.0 Å². The van der Waals surface area contributed by atoms with Crippen molar-refractivity contribution in [3.8, 4) is 17.0 Å². The van der Waals surface area contributed by atoms with Gasteiger partial charge in [0.1, 0.15) is 0 Å². The molecule has 1 aliphatic carbocycles. The Kier molecular flexibility index (Phi) is 4.38. The lowest BCUT2D eigenvalue weighted by atomic mass is 9.99. The van der Waals surface area contributed by atoms with E-state index in [0.717, 1.165) is 46.6 Å². The third kappa shape index (κ3) is 3.54. The van der Waals surface area contributed by atoms with E-state index in [-0.39, 0.29) is 0 Å². The molecule has 0 aliphatic heterocycles. The quantitative estimate of drug-likeness (QED) is 0.678. The van der Waals surface area contributed by atoms with Gasteiger partial charge in [0.25, 0.3) is 0 Å². The molecule has 0 spiro atoms. The van der Waals surface area contributed by atoms with Crippen LogP contribution in [-0.4, -0.2) is 24.3 Å². The third-order valence-electron chi connectivity index (χ3n) is 5.33. The van der Waals surface area contributed by atoms with Gasteiger partial charge in [-0.2, -0.15) is 0 Å². The molecule has 1 heterocycles. The predicted molar refractivity (Wildman–Crippen MR) is 110 cm³/mol. The highest BCUT2D eigenvalue weighted by Crippen LogP contribution is 2.40. The first kappa shape index (κ1) is 17.9. The van der Waals surface area contributed by atoms with Gasteiger partial charge in [-0.15, -0.1) is 0 Å². The molecule has 0 atom stereocenters. The van der Waals surface area contributed by atoms with Gasteiger partial charge in [-0.3, -0.25) is 4.72 Å². The van der Waals surface area contributed by atoms with Crippen LogP contribution in [0.1, 0.15) is 37.3 Å². The van der Waals surface area contributed by atoms with Crippen molar-refractivity contribution in [2.24, 2.45) is 0 Å². The standard InChI is InChI=1S/C21H24N2O3S/c1-14-10-16(15-6-5-7-18(12-15)22-27(2,25)26)11-17-13-23(21(24)20(14)17)19-8-3-4-9-19/h5-7,10-13,19,22,24H,3-4,8-9H2,1-2H3. The topological polar surface area (TPSA) is 71.3 Å². The van der Waals surface area contributed by atoms with Crippen LogP contribution in [0.2, 0.25) is 0 Å². The van der Waals surface area contributed by atoms with Crippen molar-refractivity contribution in [3.63, 3.8) is 0 Å². The maximum Gasteiger partial charge on any atom is 0.229 e. The number of rotatable bonds is 4. The van der Waals surface area contributed by atoms with Gasteiger partial charge in [0.2, 0.25) is 10.0 Å². The molecule has 6 heteroatoms. The van der Waals surface area contributed by atoms with Gasteiger partial charge in [0.05, 0.1) is 6.26 Å². The van der Waals surface area contributed by atoms with Crippen molar-refractivity contribution in [2.45, 2.75) is 38.6 Å². The van der Waals surface area contributed by atoms with Crippen molar-refractivity contribution >= 4 is 26.5 Å². The molecule has 0 radical (unpaired) electrons. The molecule has 0 amide bonds. The van der Waals surface area contributed by atoms with E-state index in [1.807, 2.05) is 35.8 Å². The van der Waals surface area contributed by atoms with E-state index in [1.54, 1.807) is 6.07 Å². The minimum absolute atomic E-state index is 0.355. The summed E-state index contributed by atoms with van der Waals surface area (Å²) >= 11 is 0. The minimum atomic E-state index is -3.32. The summed E-state index contributed by atoms with van der Waals surface area (Å²) in [4.78, 5) is 0. The Morgan fingerprint density at radius 2 is 1.85 bits per heavy atom. The van der Waals surface area contributed by atoms with E-state index in [0.29, 0.717) is 17.6 Å². The molecule has 3 aromatic rings. The second kappa shape index (κ2) is 6.60. The molecule has 1 saturated carbocycles. The summed E-state index contributed by atoms with van der Waals surface area (Å²) in [6, 6.07) is 11.8. The molecular formula is C21H24N2O3S. The first-order valence-corrected chi connectivity index (χ1v) is 11.1. The number of aromatic hydroxyl groups is 1. The Morgan fingerprint density at radius 1 is 1.11 bits per heavy atom. The molecule has 1 aromatic heterocycles. The Balaban J connectivity index is 1.78. The highest BCUT2D eigenvalue weighted by atomic mass is 32.2. The number of fused-ring (bicyclic) bond motifs is 1. The molecule has 2 N–H and O–H groups in total. The summed E-state index contributed by atoms with van der Waals surface area (Å²) in [5, 5.41) is 12.7. The van der Waals surface area contributed by atoms with Crippen LogP contribution in [0.3, 0.4) is 0 Å². The number of benzene rings is 2. The van der Waals surface area contributed by atoms with Gasteiger partial charge in [-0.1, -0.05) is 31.0 Å². The van der Waals surface area contributed by atoms with Crippen molar-refractivity contribution in [1.29, 1.82) is 0 Å². The first-order valence-electron chi connectivity index (χ1n) is 9.24. The second-order valence-electron chi connectivity index (χ2n) is 7.51. The minimum Gasteiger partial charge on any atom is -0.494 e. The van der Waals surface area contributed by atoms with Crippen molar-refractivity contribution in [2.75, 3.05) is 11.0 Å². The Hall–Kier alpha value is -2.47. The molecule has 4 rings (SSSR count). The van der Waals surface area contributed by atoms with E-state index in [4.69, 9.17) is 0 Å². The van der Waals surface area contributed by atoms with Crippen LogP contribution in [0.15, 0.2) is 42.6 Å². The molecule has 1 aliphatic rings. The molecule has 0 unspecified atom stereocenters. The summed E-state index contributed by atoms with van der Waals surface area (Å²) in [6.07, 6.45) is 7.84. The zero-order valence-electron chi connectivity index (χ0n) is 15.6. The van der Waals surface area contributed by atoms with Crippen LogP contribution >= 0.6 is 0 Å². The number of aromatic nitrogens is 1. The average molecular weight is 385 g/mol. The van der Waals surface area contributed by atoms with E-state index in [2.05, 4.69) is 17.0 Å². The summed E-state index contributed by atoms with van der Waals surface area (Å²) in [5.74, 6) is 0.355. The first-order chi connectivity index (χ1) is 12.8. The molecule has 142 valence electrons. The summed E-state index contributed by atoms with van der Waals surface area (Å²) in [5.41, 5.74) is 3.49. The number of nitrogens with one attached hydrogen (secondary N) is 1. The fourth-order valence-electron chi connectivity index (χ4n) is 4.17. The third-order valence-corrected chi connectivity index (χ3v) is 5.94. The van der Waals surface area contributed by atoms with Crippen LogP contribution < -0.4 is 4.72 Å². The van der Waals surface area contributed by atoms with E-state index in [1.165, 1.54) is 12.8 Å². The number of hydrogen-bond donors (Lipinski definition) is 2. The van der Waals surface area contributed by atoms with Gasteiger partial charge in [-0.05, 0) is 54.7 Å². The van der Waals surface area contributed by atoms with Crippen molar-refractivity contribution < 1.29 is 13.5 Å². The zero-order chi connectivity index (χ0) is 19.2. The molecule has 0 saturated heterocycles. The van der Waals surface area contributed by atoms with Crippen LogP contribution in [0.5, 0.6) is 5.88 Å². The SMILES string of the molecule is Cc1cc(-c2cccc(NS(C)(=O)=O)c2)cc2cn(C3CCCC3)c(O)c12. The maximum absolute atomic E-state index is 11.5. The predicted octanol–water partition coefficient (Wildman–Crippen LogP) is 4.81. The van der Waals surface area contributed by atoms with Gasteiger partial charge < -0.3 is 9.67 Å². The smallest absolute Gasteiger partial charge is 0.229 e. The van der Waals surface area contributed by atoms with Gasteiger partial charge in [-0.25, -0.2) is 8.42 Å². The molecular weight excluding hydrogens is 360 g/mol. The number of nitrogens with zero attached hydrogens (tertiary/aromatic N) is 1. The van der Waals surface area contributed by atoms with Gasteiger partial charge >= 0.3 is 0 Å². The molecule has 27 heavy (non-hydrogen) atoms. The Bertz CT molecular complexity index is 1110. The van der Waals surface area contributed by atoms with Gasteiger partial charge in [0.15, 0.2) is 5.88 Å². The second-order valence-corrected chi connectivity index (χ2v) is 9.26. The van der Waals surface area contributed by atoms with Gasteiger partial charge in [0, 0.05) is 28.7 Å². The van der Waals surface area contributed by atoms with Crippen molar-refractivity contribution in [3.05, 3.63) is 48.2 Å². The molecule has 0 bridgehead atoms. The largest absolute Gasteiger partial charge is 0.494 e. The van der Waals surface area contributed by atoms with Crippen LogP contribution in [0, 0.1) is 6.92 Å². The number of aryl methyl sites for hydroxylation is 1. The van der Waals surface area contributed by atoms with E-state index < -0.39 is 10.0 Å². The summed E-state index contributed by atoms with van der Waals surface area (Å²) in [6.45, 7) is 2.00. The molecule has 5 nitrogen and oxygen atoms in total. The molecule has 2 aromatic carbocycles. The van der Waals surface area contributed by atoms with Crippen molar-refractivity contribution in [1.82, 2.24) is 4.57 Å². The number of hydrogen-bond acceptors (Lipinski definition) is 3. The lowest BCUT2D eigenvalue weighted by molar-refractivity contribution is 0.387.